The minimum atomic E-state index is 0.0590. The molecule has 1 atom stereocenters. The Bertz CT molecular complexity index is 525. The summed E-state index contributed by atoms with van der Waals surface area (Å²) in [6, 6.07) is 6.52. The van der Waals surface area contributed by atoms with Crippen molar-refractivity contribution in [1.29, 1.82) is 0 Å². The molecule has 1 aromatic rings. The van der Waals surface area contributed by atoms with Gasteiger partial charge < -0.3 is 15.0 Å². The van der Waals surface area contributed by atoms with Crippen molar-refractivity contribution in [1.82, 2.24) is 10.2 Å². The summed E-state index contributed by atoms with van der Waals surface area (Å²) < 4.78 is 5.04. The van der Waals surface area contributed by atoms with Gasteiger partial charge in [0, 0.05) is 45.0 Å². The van der Waals surface area contributed by atoms with Crippen molar-refractivity contribution in [2.24, 2.45) is 0 Å². The topological polar surface area (TPSA) is 44.8 Å². The van der Waals surface area contributed by atoms with Gasteiger partial charge in [0.2, 0.25) is 5.91 Å². The number of carbonyl (C=O) groups excluding carboxylic acids is 1. The van der Waals surface area contributed by atoms with Gasteiger partial charge in [-0.3, -0.25) is 9.69 Å². The molecule has 0 aromatic heterocycles. The zero-order chi connectivity index (χ0) is 16.8. The summed E-state index contributed by atoms with van der Waals surface area (Å²) in [5.74, 6) is 0.0785. The van der Waals surface area contributed by atoms with Crippen molar-refractivity contribution in [2.75, 3.05) is 51.3 Å². The van der Waals surface area contributed by atoms with E-state index in [1.807, 2.05) is 6.92 Å². The summed E-state index contributed by atoms with van der Waals surface area (Å²) in [6.45, 7) is 11.1. The summed E-state index contributed by atoms with van der Waals surface area (Å²) in [5.41, 5.74) is 4.01. The number of ether oxygens (including phenoxy) is 1. The molecule has 1 saturated heterocycles. The largest absolute Gasteiger partial charge is 0.383 e. The van der Waals surface area contributed by atoms with Crippen molar-refractivity contribution in [2.45, 2.75) is 26.8 Å². The molecule has 1 heterocycles. The van der Waals surface area contributed by atoms with E-state index in [2.05, 4.69) is 47.2 Å². The molecule has 0 saturated carbocycles. The molecule has 0 bridgehead atoms. The number of nitrogens with one attached hydrogen (secondary N) is 1. The van der Waals surface area contributed by atoms with Crippen molar-refractivity contribution in [3.63, 3.8) is 0 Å². The lowest BCUT2D eigenvalue weighted by Gasteiger charge is -2.36. The molecular weight excluding hydrogens is 290 g/mol. The first kappa shape index (κ1) is 17.8. The second-order valence-electron chi connectivity index (χ2n) is 6.41. The molecule has 1 amide bonds. The molecule has 0 aliphatic carbocycles. The number of hydrogen-bond donors (Lipinski definition) is 1. The lowest BCUT2D eigenvalue weighted by atomic mass is 10.1. The van der Waals surface area contributed by atoms with Crippen LogP contribution in [0.1, 0.15) is 18.1 Å². The Morgan fingerprint density at radius 2 is 1.96 bits per heavy atom. The third-order valence-electron chi connectivity index (χ3n) is 4.48. The first-order valence-corrected chi connectivity index (χ1v) is 8.33. The van der Waals surface area contributed by atoms with E-state index in [4.69, 9.17) is 4.74 Å². The van der Waals surface area contributed by atoms with Crippen molar-refractivity contribution >= 4 is 11.6 Å². The first-order valence-electron chi connectivity index (χ1n) is 8.33. The second kappa shape index (κ2) is 8.31. The van der Waals surface area contributed by atoms with Crippen molar-refractivity contribution in [3.8, 4) is 0 Å². The maximum absolute atomic E-state index is 12.0. The standard InChI is InChI=1S/C18H29N3O2/c1-14-6-5-7-17(16(14)3)21-10-8-20(9-11-21)12-18(22)19-15(2)13-23-4/h5-7,15H,8-13H2,1-4H3,(H,19,22). The summed E-state index contributed by atoms with van der Waals surface area (Å²) in [7, 11) is 1.65. The fourth-order valence-corrected chi connectivity index (χ4v) is 3.04. The van der Waals surface area contributed by atoms with E-state index in [0.717, 1.165) is 26.2 Å². The minimum absolute atomic E-state index is 0.0590. The molecule has 5 heteroatoms. The normalized spacial score (nSPS) is 17.1. The fourth-order valence-electron chi connectivity index (χ4n) is 3.04. The van der Waals surface area contributed by atoms with E-state index in [9.17, 15) is 4.79 Å². The van der Waals surface area contributed by atoms with Gasteiger partial charge in [0.15, 0.2) is 0 Å². The Morgan fingerprint density at radius 3 is 2.61 bits per heavy atom. The average molecular weight is 319 g/mol. The van der Waals surface area contributed by atoms with Crippen LogP contribution < -0.4 is 10.2 Å². The van der Waals surface area contributed by atoms with E-state index in [1.165, 1.54) is 16.8 Å². The van der Waals surface area contributed by atoms with Gasteiger partial charge >= 0.3 is 0 Å². The van der Waals surface area contributed by atoms with Crippen LogP contribution in [0.4, 0.5) is 5.69 Å². The lowest BCUT2D eigenvalue weighted by Crippen LogP contribution is -2.50. The Labute approximate surface area is 139 Å². The van der Waals surface area contributed by atoms with E-state index < -0.39 is 0 Å². The Hall–Kier alpha value is -1.59. The van der Waals surface area contributed by atoms with E-state index in [0.29, 0.717) is 13.2 Å². The Balaban J connectivity index is 1.82. The van der Waals surface area contributed by atoms with Crippen LogP contribution in [0.2, 0.25) is 0 Å². The summed E-state index contributed by atoms with van der Waals surface area (Å²) in [6.07, 6.45) is 0. The highest BCUT2D eigenvalue weighted by molar-refractivity contribution is 5.78. The maximum Gasteiger partial charge on any atom is 0.234 e. The summed E-state index contributed by atoms with van der Waals surface area (Å²) >= 11 is 0. The SMILES string of the molecule is COCC(C)NC(=O)CN1CCN(c2cccc(C)c2C)CC1. The summed E-state index contributed by atoms with van der Waals surface area (Å²) in [5, 5.41) is 2.97. The highest BCUT2D eigenvalue weighted by atomic mass is 16.5. The number of benzene rings is 1. The van der Waals surface area contributed by atoms with Gasteiger partial charge in [-0.25, -0.2) is 0 Å². The molecule has 1 N–H and O–H groups in total. The molecular formula is C18H29N3O2. The third-order valence-corrected chi connectivity index (χ3v) is 4.48. The lowest BCUT2D eigenvalue weighted by molar-refractivity contribution is -0.123. The molecule has 23 heavy (non-hydrogen) atoms. The van der Waals surface area contributed by atoms with Gasteiger partial charge in [-0.05, 0) is 38.0 Å². The van der Waals surface area contributed by atoms with Crippen LogP contribution in [0.5, 0.6) is 0 Å². The van der Waals surface area contributed by atoms with E-state index in [-0.39, 0.29) is 11.9 Å². The predicted octanol–water partition coefficient (Wildman–Crippen LogP) is 1.58. The van der Waals surface area contributed by atoms with E-state index >= 15 is 0 Å². The number of methoxy groups -OCH3 is 1. The average Bonchev–Trinajstić information content (AvgIpc) is 2.51. The van der Waals surface area contributed by atoms with Crippen LogP contribution in [0.3, 0.4) is 0 Å². The number of piperazine rings is 1. The van der Waals surface area contributed by atoms with Gasteiger partial charge in [0.1, 0.15) is 0 Å². The van der Waals surface area contributed by atoms with Crippen LogP contribution >= 0.6 is 0 Å². The van der Waals surface area contributed by atoms with Gasteiger partial charge in [0.05, 0.1) is 13.2 Å². The number of amides is 1. The Morgan fingerprint density at radius 1 is 1.26 bits per heavy atom. The zero-order valence-electron chi connectivity index (χ0n) is 14.8. The van der Waals surface area contributed by atoms with Crippen molar-refractivity contribution in [3.05, 3.63) is 29.3 Å². The van der Waals surface area contributed by atoms with Crippen LogP contribution in [0, 0.1) is 13.8 Å². The molecule has 5 nitrogen and oxygen atoms in total. The number of carbonyl (C=O) groups is 1. The van der Waals surface area contributed by atoms with Gasteiger partial charge in [-0.2, -0.15) is 0 Å². The highest BCUT2D eigenvalue weighted by Gasteiger charge is 2.20. The van der Waals surface area contributed by atoms with Gasteiger partial charge in [-0.15, -0.1) is 0 Å². The number of aryl methyl sites for hydroxylation is 1. The zero-order valence-corrected chi connectivity index (χ0v) is 14.8. The first-order chi connectivity index (χ1) is 11.0. The molecule has 1 aliphatic rings. The molecule has 0 radical (unpaired) electrons. The van der Waals surface area contributed by atoms with Gasteiger partial charge in [-0.1, -0.05) is 12.1 Å². The quantitative estimate of drug-likeness (QED) is 0.865. The molecule has 1 fully saturated rings. The monoisotopic (exact) mass is 319 g/mol. The number of hydrogen-bond acceptors (Lipinski definition) is 4. The molecule has 128 valence electrons. The number of anilines is 1. The predicted molar refractivity (Wildman–Crippen MR) is 94.0 cm³/mol. The fraction of sp³-hybridized carbons (Fsp3) is 0.611. The molecule has 2 rings (SSSR count). The van der Waals surface area contributed by atoms with Crippen LogP contribution in [-0.2, 0) is 9.53 Å². The van der Waals surface area contributed by atoms with Crippen LogP contribution in [0.15, 0.2) is 18.2 Å². The molecule has 1 aromatic carbocycles. The number of rotatable bonds is 6. The van der Waals surface area contributed by atoms with E-state index in [1.54, 1.807) is 7.11 Å². The maximum atomic E-state index is 12.0. The smallest absolute Gasteiger partial charge is 0.234 e. The highest BCUT2D eigenvalue weighted by Crippen LogP contribution is 2.23. The van der Waals surface area contributed by atoms with Crippen LogP contribution in [-0.4, -0.2) is 63.3 Å². The number of nitrogens with zero attached hydrogens (tertiary/aromatic N) is 2. The van der Waals surface area contributed by atoms with Crippen molar-refractivity contribution < 1.29 is 9.53 Å². The third kappa shape index (κ3) is 4.94. The molecule has 1 aliphatic heterocycles. The molecule has 0 spiro atoms. The second-order valence-corrected chi connectivity index (χ2v) is 6.41. The van der Waals surface area contributed by atoms with Gasteiger partial charge in [0.25, 0.3) is 0 Å². The molecule has 1 unspecified atom stereocenters. The minimum Gasteiger partial charge on any atom is -0.383 e. The Kier molecular flexibility index (Phi) is 6.42. The van der Waals surface area contributed by atoms with Crippen LogP contribution in [0.25, 0.3) is 0 Å². The summed E-state index contributed by atoms with van der Waals surface area (Å²) in [4.78, 5) is 16.7.